The molecular formula is C12H10N6S. The smallest absolute Gasteiger partial charge is 0.175 e. The van der Waals surface area contributed by atoms with Crippen LogP contribution in [0, 0.1) is 18.3 Å². The molecule has 6 nitrogen and oxygen atoms in total. The highest BCUT2D eigenvalue weighted by molar-refractivity contribution is 7.05. The van der Waals surface area contributed by atoms with E-state index in [4.69, 9.17) is 5.26 Å². The topological polar surface area (TPSA) is 78.9 Å². The number of fused-ring (bicyclic) bond motifs is 1. The minimum absolute atomic E-state index is 0.476. The van der Waals surface area contributed by atoms with E-state index in [0.717, 1.165) is 16.4 Å². The van der Waals surface area contributed by atoms with Gasteiger partial charge in [-0.3, -0.25) is 0 Å². The van der Waals surface area contributed by atoms with Gasteiger partial charge in [0.2, 0.25) is 0 Å². The summed E-state index contributed by atoms with van der Waals surface area (Å²) in [6.45, 7) is 2.57. The molecule has 3 rings (SSSR count). The highest BCUT2D eigenvalue weighted by Gasteiger charge is 2.09. The molecule has 19 heavy (non-hydrogen) atoms. The van der Waals surface area contributed by atoms with Gasteiger partial charge in [-0.05, 0) is 24.5 Å². The molecule has 3 aromatic rings. The van der Waals surface area contributed by atoms with E-state index in [2.05, 4.69) is 25.8 Å². The van der Waals surface area contributed by atoms with Crippen LogP contribution in [0.3, 0.4) is 0 Å². The zero-order chi connectivity index (χ0) is 13.2. The fourth-order valence-electron chi connectivity index (χ4n) is 1.80. The first kappa shape index (κ1) is 11.6. The van der Waals surface area contributed by atoms with Gasteiger partial charge in [0.15, 0.2) is 5.65 Å². The molecule has 0 saturated carbocycles. The number of hydrogen-bond acceptors (Lipinski definition) is 6. The zero-order valence-corrected chi connectivity index (χ0v) is 11.0. The van der Waals surface area contributed by atoms with Crippen LogP contribution in [0.4, 0.5) is 5.82 Å². The summed E-state index contributed by atoms with van der Waals surface area (Å²) >= 11 is 1.45. The van der Waals surface area contributed by atoms with Crippen LogP contribution in [0.15, 0.2) is 24.5 Å². The van der Waals surface area contributed by atoms with Gasteiger partial charge in [-0.15, -0.1) is 0 Å². The highest BCUT2D eigenvalue weighted by atomic mass is 32.1. The maximum atomic E-state index is 9.02. The summed E-state index contributed by atoms with van der Waals surface area (Å²) in [6.07, 6.45) is 3.30. The third-order valence-corrected chi connectivity index (χ3v) is 3.40. The molecule has 0 aromatic carbocycles. The van der Waals surface area contributed by atoms with Crippen molar-refractivity contribution in [3.05, 3.63) is 40.7 Å². The van der Waals surface area contributed by atoms with E-state index in [9.17, 15) is 0 Å². The second-order valence-corrected chi connectivity index (χ2v) is 4.94. The molecule has 0 unspecified atom stereocenters. The van der Waals surface area contributed by atoms with Crippen LogP contribution in [0.1, 0.15) is 16.1 Å². The monoisotopic (exact) mass is 270 g/mol. The van der Waals surface area contributed by atoms with Crippen LogP contribution in [-0.2, 0) is 6.54 Å². The molecule has 94 valence electrons. The Morgan fingerprint density at radius 2 is 2.42 bits per heavy atom. The summed E-state index contributed by atoms with van der Waals surface area (Å²) in [5, 5.41) is 16.5. The highest BCUT2D eigenvalue weighted by Crippen LogP contribution is 2.16. The predicted octanol–water partition coefficient (Wildman–Crippen LogP) is 1.98. The maximum Gasteiger partial charge on any atom is 0.175 e. The molecule has 3 aromatic heterocycles. The van der Waals surface area contributed by atoms with E-state index >= 15 is 0 Å². The van der Waals surface area contributed by atoms with Gasteiger partial charge >= 0.3 is 0 Å². The Labute approximate surface area is 113 Å². The lowest BCUT2D eigenvalue weighted by Crippen LogP contribution is -2.06. The average molecular weight is 270 g/mol. The summed E-state index contributed by atoms with van der Waals surface area (Å²) in [5.41, 5.74) is 1.90. The van der Waals surface area contributed by atoms with Crippen molar-refractivity contribution in [2.75, 3.05) is 5.32 Å². The van der Waals surface area contributed by atoms with Gasteiger partial charge < -0.3 is 5.32 Å². The van der Waals surface area contributed by atoms with Gasteiger partial charge in [0.25, 0.3) is 0 Å². The van der Waals surface area contributed by atoms with Crippen molar-refractivity contribution in [1.29, 1.82) is 5.26 Å². The molecule has 0 spiro atoms. The number of nitriles is 1. The van der Waals surface area contributed by atoms with Crippen LogP contribution in [0.2, 0.25) is 0 Å². The molecule has 0 aliphatic rings. The Balaban J connectivity index is 1.99. The van der Waals surface area contributed by atoms with Gasteiger partial charge in [0, 0.05) is 22.8 Å². The van der Waals surface area contributed by atoms with Crippen molar-refractivity contribution < 1.29 is 0 Å². The van der Waals surface area contributed by atoms with Gasteiger partial charge in [0.05, 0.1) is 12.7 Å². The lowest BCUT2D eigenvalue weighted by molar-refractivity contribution is 0.919. The van der Waals surface area contributed by atoms with Crippen LogP contribution < -0.4 is 5.32 Å². The average Bonchev–Trinajstić information content (AvgIpc) is 3.04. The fourth-order valence-corrected chi connectivity index (χ4v) is 2.32. The first-order chi connectivity index (χ1) is 9.28. The SMILES string of the molecule is Cc1cc(NCc2ccns2)n2ncc(C#N)c2n1. The molecule has 7 heteroatoms. The maximum absolute atomic E-state index is 9.02. The Morgan fingerprint density at radius 3 is 3.16 bits per heavy atom. The second-order valence-electron chi connectivity index (χ2n) is 4.02. The molecule has 0 aliphatic heterocycles. The molecule has 0 radical (unpaired) electrons. The Hall–Kier alpha value is -2.46. The predicted molar refractivity (Wildman–Crippen MR) is 71.9 cm³/mol. The van der Waals surface area contributed by atoms with Crippen molar-refractivity contribution in [1.82, 2.24) is 19.0 Å². The molecule has 0 fully saturated rings. The summed E-state index contributed by atoms with van der Waals surface area (Å²) < 4.78 is 5.70. The quantitative estimate of drug-likeness (QED) is 0.787. The minimum Gasteiger partial charge on any atom is -0.365 e. The first-order valence-corrected chi connectivity index (χ1v) is 6.44. The molecule has 0 saturated heterocycles. The number of hydrogen-bond donors (Lipinski definition) is 1. The molecular weight excluding hydrogens is 260 g/mol. The standard InChI is InChI=1S/C12H10N6S/c1-8-4-11(14-7-10-2-3-16-19-10)18-12(17-8)9(5-13)6-15-18/h2-4,6,14H,7H2,1H3. The van der Waals surface area contributed by atoms with Crippen molar-refractivity contribution >= 4 is 23.0 Å². The van der Waals surface area contributed by atoms with Gasteiger partial charge in [-0.1, -0.05) is 0 Å². The third kappa shape index (κ3) is 2.13. The largest absolute Gasteiger partial charge is 0.365 e. The summed E-state index contributed by atoms with van der Waals surface area (Å²) in [5.74, 6) is 0.817. The van der Waals surface area contributed by atoms with Crippen molar-refractivity contribution in [2.45, 2.75) is 13.5 Å². The van der Waals surface area contributed by atoms with Crippen LogP contribution in [0.5, 0.6) is 0 Å². The number of rotatable bonds is 3. The lowest BCUT2D eigenvalue weighted by Gasteiger charge is -2.07. The lowest BCUT2D eigenvalue weighted by atomic mass is 10.3. The molecule has 0 amide bonds. The Bertz CT molecular complexity index is 752. The molecule has 0 atom stereocenters. The van der Waals surface area contributed by atoms with E-state index in [1.165, 1.54) is 17.7 Å². The number of aryl methyl sites for hydroxylation is 1. The van der Waals surface area contributed by atoms with Gasteiger partial charge in [-0.2, -0.15) is 14.9 Å². The minimum atomic E-state index is 0.476. The second kappa shape index (κ2) is 4.66. The van der Waals surface area contributed by atoms with Crippen LogP contribution in [-0.4, -0.2) is 19.0 Å². The third-order valence-electron chi connectivity index (χ3n) is 2.66. The Kier molecular flexibility index (Phi) is 2.85. The number of nitrogens with one attached hydrogen (secondary N) is 1. The van der Waals surface area contributed by atoms with Crippen molar-refractivity contribution in [2.24, 2.45) is 0 Å². The fraction of sp³-hybridized carbons (Fsp3) is 0.167. The summed E-state index contributed by atoms with van der Waals surface area (Å²) in [7, 11) is 0. The summed E-state index contributed by atoms with van der Waals surface area (Å²) in [4.78, 5) is 5.47. The van der Waals surface area contributed by atoms with Gasteiger partial charge in [-0.25, -0.2) is 9.36 Å². The number of nitrogens with zero attached hydrogens (tertiary/aromatic N) is 5. The molecule has 0 bridgehead atoms. The molecule has 3 heterocycles. The van der Waals surface area contributed by atoms with Crippen LogP contribution in [0.25, 0.3) is 5.65 Å². The van der Waals surface area contributed by atoms with E-state index in [1.54, 1.807) is 10.7 Å². The van der Waals surface area contributed by atoms with Crippen molar-refractivity contribution in [3.8, 4) is 6.07 Å². The van der Waals surface area contributed by atoms with Crippen LogP contribution >= 0.6 is 11.5 Å². The van der Waals surface area contributed by atoms with Crippen molar-refractivity contribution in [3.63, 3.8) is 0 Å². The molecule has 1 N–H and O–H groups in total. The zero-order valence-electron chi connectivity index (χ0n) is 10.2. The number of aromatic nitrogens is 4. The number of anilines is 1. The van der Waals surface area contributed by atoms with E-state index in [1.807, 2.05) is 19.1 Å². The summed E-state index contributed by atoms with van der Waals surface area (Å²) in [6, 6.07) is 5.96. The normalized spacial score (nSPS) is 10.5. The van der Waals surface area contributed by atoms with Gasteiger partial charge in [0.1, 0.15) is 17.5 Å². The first-order valence-electron chi connectivity index (χ1n) is 5.67. The van der Waals surface area contributed by atoms with E-state index < -0.39 is 0 Å². The van der Waals surface area contributed by atoms with E-state index in [0.29, 0.717) is 17.8 Å². The van der Waals surface area contributed by atoms with E-state index in [-0.39, 0.29) is 0 Å². The molecule has 0 aliphatic carbocycles. The Morgan fingerprint density at radius 1 is 1.53 bits per heavy atom.